The van der Waals surface area contributed by atoms with Crippen LogP contribution >= 0.6 is 11.6 Å². The zero-order valence-corrected chi connectivity index (χ0v) is 12.8. The predicted octanol–water partition coefficient (Wildman–Crippen LogP) is 3.57. The molecule has 0 radical (unpaired) electrons. The quantitative estimate of drug-likeness (QED) is 0.909. The van der Waals surface area contributed by atoms with Crippen molar-refractivity contribution in [3.05, 3.63) is 46.2 Å². The number of hydrogen-bond donors (Lipinski definition) is 1. The van der Waals surface area contributed by atoms with Gasteiger partial charge in [-0.1, -0.05) is 29.8 Å². The van der Waals surface area contributed by atoms with Gasteiger partial charge < -0.3 is 10.1 Å². The van der Waals surface area contributed by atoms with Gasteiger partial charge in [-0.25, -0.2) is 0 Å². The van der Waals surface area contributed by atoms with Crippen LogP contribution in [-0.2, 0) is 20.1 Å². The van der Waals surface area contributed by atoms with Crippen LogP contribution in [0.15, 0.2) is 24.3 Å². The Bertz CT molecular complexity index is 655. The van der Waals surface area contributed by atoms with E-state index < -0.39 is 6.36 Å². The normalized spacial score (nSPS) is 11.7. The Kier molecular flexibility index (Phi) is 4.97. The largest absolute Gasteiger partial charge is 0.573 e. The Morgan fingerprint density at radius 3 is 2.55 bits per heavy atom. The van der Waals surface area contributed by atoms with Gasteiger partial charge in [0.1, 0.15) is 10.9 Å². The summed E-state index contributed by atoms with van der Waals surface area (Å²) in [5.74, 6) is -0.212. The van der Waals surface area contributed by atoms with E-state index in [1.54, 1.807) is 23.9 Å². The molecule has 22 heavy (non-hydrogen) atoms. The molecule has 1 aromatic carbocycles. The number of nitrogens with one attached hydrogen (secondary N) is 1. The van der Waals surface area contributed by atoms with E-state index >= 15 is 0 Å². The minimum Gasteiger partial charge on any atom is -0.405 e. The van der Waals surface area contributed by atoms with Crippen molar-refractivity contribution in [1.29, 1.82) is 0 Å². The van der Waals surface area contributed by atoms with Gasteiger partial charge in [-0.2, -0.15) is 5.10 Å². The zero-order valence-electron chi connectivity index (χ0n) is 12.0. The highest BCUT2D eigenvalue weighted by Gasteiger charge is 2.31. The zero-order chi connectivity index (χ0) is 16.3. The van der Waals surface area contributed by atoms with Crippen LogP contribution in [-0.4, -0.2) is 16.1 Å². The Morgan fingerprint density at radius 2 is 1.95 bits per heavy atom. The summed E-state index contributed by atoms with van der Waals surface area (Å²) in [5.41, 5.74) is 2.01. The van der Waals surface area contributed by atoms with E-state index in [9.17, 15) is 13.2 Å². The molecule has 4 nitrogen and oxygen atoms in total. The molecule has 0 unspecified atom stereocenters. The number of alkyl halides is 3. The number of rotatable bonds is 5. The first-order valence-corrected chi connectivity index (χ1v) is 6.88. The molecule has 0 atom stereocenters. The predicted molar refractivity (Wildman–Crippen MR) is 76.6 cm³/mol. The summed E-state index contributed by atoms with van der Waals surface area (Å²) in [6.45, 7) is 2.44. The third-order valence-corrected chi connectivity index (χ3v) is 3.56. The molecule has 2 rings (SSSR count). The van der Waals surface area contributed by atoms with Crippen LogP contribution in [0.4, 0.5) is 13.2 Å². The summed E-state index contributed by atoms with van der Waals surface area (Å²) in [5, 5.41) is 7.73. The van der Waals surface area contributed by atoms with Crippen molar-refractivity contribution in [1.82, 2.24) is 15.1 Å². The smallest absolute Gasteiger partial charge is 0.405 e. The highest BCUT2D eigenvalue weighted by atomic mass is 35.5. The van der Waals surface area contributed by atoms with Gasteiger partial charge in [0.2, 0.25) is 0 Å². The lowest BCUT2D eigenvalue weighted by atomic mass is 10.2. The molecule has 2 aromatic rings. The van der Waals surface area contributed by atoms with Crippen molar-refractivity contribution in [2.75, 3.05) is 0 Å². The maximum absolute atomic E-state index is 12.3. The number of ether oxygens (including phenoxy) is 1. The van der Waals surface area contributed by atoms with Gasteiger partial charge in [-0.15, -0.1) is 13.2 Å². The van der Waals surface area contributed by atoms with Crippen molar-refractivity contribution in [3.63, 3.8) is 0 Å². The lowest BCUT2D eigenvalue weighted by molar-refractivity contribution is -0.274. The fourth-order valence-corrected chi connectivity index (χ4v) is 2.31. The number of aryl methyl sites for hydroxylation is 2. The Hall–Kier alpha value is -1.73. The second-order valence-corrected chi connectivity index (χ2v) is 5.10. The topological polar surface area (TPSA) is 39.1 Å². The first-order chi connectivity index (χ1) is 10.3. The Morgan fingerprint density at radius 1 is 1.27 bits per heavy atom. The summed E-state index contributed by atoms with van der Waals surface area (Å²) in [6.07, 6.45) is -4.71. The standard InChI is InChI=1S/C14H15ClF3N3O/c1-9-11(13(15)21(2)20-9)8-19-7-10-5-3-4-6-12(10)22-14(16,17)18/h3-6,19H,7-8H2,1-2H3. The average Bonchev–Trinajstić information content (AvgIpc) is 2.65. The molecule has 0 bridgehead atoms. The van der Waals surface area contributed by atoms with Gasteiger partial charge >= 0.3 is 6.36 Å². The number of benzene rings is 1. The van der Waals surface area contributed by atoms with E-state index in [1.165, 1.54) is 12.1 Å². The molecule has 0 aliphatic rings. The molecule has 1 heterocycles. The number of aromatic nitrogens is 2. The lowest BCUT2D eigenvalue weighted by Crippen LogP contribution is -2.20. The Labute approximate surface area is 130 Å². The molecule has 0 amide bonds. The van der Waals surface area contributed by atoms with Crippen LogP contribution in [0.25, 0.3) is 0 Å². The number of halogens is 4. The molecular formula is C14H15ClF3N3O. The van der Waals surface area contributed by atoms with Crippen LogP contribution in [0.5, 0.6) is 5.75 Å². The summed E-state index contributed by atoms with van der Waals surface area (Å²) in [6, 6.07) is 6.01. The molecule has 0 saturated heterocycles. The molecule has 0 aliphatic heterocycles. The van der Waals surface area contributed by atoms with Gasteiger partial charge in [0.25, 0.3) is 0 Å². The minimum atomic E-state index is -4.71. The highest BCUT2D eigenvalue weighted by Crippen LogP contribution is 2.26. The molecule has 8 heteroatoms. The minimum absolute atomic E-state index is 0.212. The molecule has 1 N–H and O–H groups in total. The van der Waals surface area contributed by atoms with Crippen LogP contribution in [0.3, 0.4) is 0 Å². The summed E-state index contributed by atoms with van der Waals surface area (Å²) < 4.78 is 42.6. The third-order valence-electron chi connectivity index (χ3n) is 3.09. The lowest BCUT2D eigenvalue weighted by Gasteiger charge is -2.13. The van der Waals surface area contributed by atoms with Crippen LogP contribution in [0.1, 0.15) is 16.8 Å². The first-order valence-electron chi connectivity index (χ1n) is 6.50. The number of nitrogens with zero attached hydrogens (tertiary/aromatic N) is 2. The monoisotopic (exact) mass is 333 g/mol. The van der Waals surface area contributed by atoms with E-state index in [2.05, 4.69) is 15.2 Å². The second kappa shape index (κ2) is 6.58. The molecule has 0 aliphatic carbocycles. The van der Waals surface area contributed by atoms with E-state index in [0.29, 0.717) is 17.3 Å². The molecule has 1 aromatic heterocycles. The van der Waals surface area contributed by atoms with Crippen LogP contribution < -0.4 is 10.1 Å². The van der Waals surface area contributed by atoms with E-state index in [1.807, 2.05) is 6.92 Å². The second-order valence-electron chi connectivity index (χ2n) is 4.74. The van der Waals surface area contributed by atoms with Crippen molar-refractivity contribution in [2.24, 2.45) is 7.05 Å². The van der Waals surface area contributed by atoms with Crippen LogP contribution in [0, 0.1) is 6.92 Å². The molecular weight excluding hydrogens is 319 g/mol. The van der Waals surface area contributed by atoms with Crippen LogP contribution in [0.2, 0.25) is 5.15 Å². The van der Waals surface area contributed by atoms with Crippen molar-refractivity contribution in [3.8, 4) is 5.75 Å². The SMILES string of the molecule is Cc1nn(C)c(Cl)c1CNCc1ccccc1OC(F)(F)F. The molecule has 0 spiro atoms. The number of hydrogen-bond acceptors (Lipinski definition) is 3. The maximum Gasteiger partial charge on any atom is 0.573 e. The van der Waals surface area contributed by atoms with Gasteiger partial charge in [-0.3, -0.25) is 4.68 Å². The Balaban J connectivity index is 2.03. The summed E-state index contributed by atoms with van der Waals surface area (Å²) in [7, 11) is 1.73. The van der Waals surface area contributed by atoms with Crippen molar-refractivity contribution in [2.45, 2.75) is 26.4 Å². The summed E-state index contributed by atoms with van der Waals surface area (Å²) in [4.78, 5) is 0. The molecule has 0 fully saturated rings. The first kappa shape index (κ1) is 16.6. The molecule has 120 valence electrons. The highest BCUT2D eigenvalue weighted by molar-refractivity contribution is 6.30. The fraction of sp³-hybridized carbons (Fsp3) is 0.357. The van der Waals surface area contributed by atoms with Crippen molar-refractivity contribution >= 4 is 11.6 Å². The van der Waals surface area contributed by atoms with Gasteiger partial charge in [0, 0.05) is 31.3 Å². The maximum atomic E-state index is 12.3. The van der Waals surface area contributed by atoms with Gasteiger partial charge in [0.15, 0.2) is 0 Å². The van der Waals surface area contributed by atoms with Gasteiger partial charge in [-0.05, 0) is 13.0 Å². The van der Waals surface area contributed by atoms with E-state index in [0.717, 1.165) is 11.3 Å². The fourth-order valence-electron chi connectivity index (χ4n) is 2.07. The van der Waals surface area contributed by atoms with E-state index in [-0.39, 0.29) is 12.3 Å². The average molecular weight is 334 g/mol. The van der Waals surface area contributed by atoms with E-state index in [4.69, 9.17) is 11.6 Å². The third kappa shape index (κ3) is 4.14. The number of para-hydroxylation sites is 1. The molecule has 0 saturated carbocycles. The summed E-state index contributed by atoms with van der Waals surface area (Å²) >= 11 is 6.10. The van der Waals surface area contributed by atoms with Crippen molar-refractivity contribution < 1.29 is 17.9 Å². The van der Waals surface area contributed by atoms with Gasteiger partial charge in [0.05, 0.1) is 5.69 Å².